The lowest BCUT2D eigenvalue weighted by Gasteiger charge is -2.29. The number of thioether (sulfide) groups is 1. The second-order valence-electron chi connectivity index (χ2n) is 7.58. The van der Waals surface area contributed by atoms with Gasteiger partial charge in [0.2, 0.25) is 0 Å². The molecule has 4 rings (SSSR count). The van der Waals surface area contributed by atoms with Crippen LogP contribution in [0.4, 0.5) is 5.69 Å². The molecule has 7 heteroatoms. The van der Waals surface area contributed by atoms with Gasteiger partial charge in [-0.25, -0.2) is 0 Å². The minimum absolute atomic E-state index is 0.0291. The zero-order valence-electron chi connectivity index (χ0n) is 17.1. The van der Waals surface area contributed by atoms with Gasteiger partial charge in [0.25, 0.3) is 11.8 Å². The summed E-state index contributed by atoms with van der Waals surface area (Å²) >= 11 is 6.85. The maximum absolute atomic E-state index is 13.0. The van der Waals surface area contributed by atoms with Crippen LogP contribution in [0, 0.1) is 0 Å². The third-order valence-electron chi connectivity index (χ3n) is 5.39. The van der Waals surface area contributed by atoms with Crippen molar-refractivity contribution in [3.63, 3.8) is 0 Å². The van der Waals surface area contributed by atoms with Crippen LogP contribution in [0.2, 0.25) is 0 Å². The number of rotatable bonds is 6. The van der Waals surface area contributed by atoms with Crippen LogP contribution in [0.5, 0.6) is 5.75 Å². The lowest BCUT2D eigenvalue weighted by atomic mass is 9.94. The van der Waals surface area contributed by atoms with Crippen LogP contribution in [0.1, 0.15) is 37.7 Å². The molecule has 1 aliphatic carbocycles. The van der Waals surface area contributed by atoms with Crippen molar-refractivity contribution in [2.45, 2.75) is 38.1 Å². The molecule has 5 nitrogen and oxygen atoms in total. The van der Waals surface area contributed by atoms with Gasteiger partial charge in [-0.3, -0.25) is 14.5 Å². The highest BCUT2D eigenvalue weighted by Crippen LogP contribution is 2.38. The standard InChI is InChI=1S/C24H24N2O3S2/c27-22(25-18-10-3-1-4-11-18)16-29-20-14-8-7-9-17(20)15-21-23(28)26(24(30)31-21)19-12-5-2-6-13-19/h1,3-4,7-11,14-15,19H,2,5-6,12-13,16H2,(H,25,27)/b21-15-. The van der Waals surface area contributed by atoms with Gasteiger partial charge in [-0.15, -0.1) is 0 Å². The Morgan fingerprint density at radius 2 is 1.81 bits per heavy atom. The largest absolute Gasteiger partial charge is 0.483 e. The number of anilines is 1. The molecule has 2 fully saturated rings. The van der Waals surface area contributed by atoms with Gasteiger partial charge >= 0.3 is 0 Å². The Balaban J connectivity index is 1.44. The number of hydrogen-bond acceptors (Lipinski definition) is 5. The summed E-state index contributed by atoms with van der Waals surface area (Å²) in [6.07, 6.45) is 7.34. The van der Waals surface area contributed by atoms with E-state index in [1.54, 1.807) is 11.0 Å². The number of carbonyl (C=O) groups excluding carboxylic acids is 2. The molecule has 2 aromatic carbocycles. The number of hydrogen-bond donors (Lipinski definition) is 1. The molecule has 31 heavy (non-hydrogen) atoms. The normalized spacial score (nSPS) is 18.5. The summed E-state index contributed by atoms with van der Waals surface area (Å²) in [5.74, 6) is 0.275. The van der Waals surface area contributed by atoms with E-state index in [1.807, 2.05) is 54.6 Å². The van der Waals surface area contributed by atoms with E-state index in [2.05, 4.69) is 5.32 Å². The molecule has 2 aliphatic rings. The van der Waals surface area contributed by atoms with E-state index in [4.69, 9.17) is 17.0 Å². The number of carbonyl (C=O) groups is 2. The van der Waals surface area contributed by atoms with Crippen LogP contribution in [0.3, 0.4) is 0 Å². The molecule has 0 unspecified atom stereocenters. The summed E-state index contributed by atoms with van der Waals surface area (Å²) in [4.78, 5) is 27.7. The molecule has 160 valence electrons. The van der Waals surface area contributed by atoms with E-state index in [0.29, 0.717) is 15.0 Å². The molecule has 1 saturated heterocycles. The summed E-state index contributed by atoms with van der Waals surface area (Å²) < 4.78 is 6.39. The first-order valence-corrected chi connectivity index (χ1v) is 11.7. The predicted molar refractivity (Wildman–Crippen MR) is 129 cm³/mol. The van der Waals surface area contributed by atoms with Gasteiger partial charge in [-0.05, 0) is 37.1 Å². The number of para-hydroxylation sites is 2. The Morgan fingerprint density at radius 1 is 1.10 bits per heavy atom. The fourth-order valence-corrected chi connectivity index (χ4v) is 5.26. The van der Waals surface area contributed by atoms with Crippen LogP contribution >= 0.6 is 24.0 Å². The Morgan fingerprint density at radius 3 is 2.58 bits per heavy atom. The molecule has 1 N–H and O–H groups in total. The number of nitrogens with zero attached hydrogens (tertiary/aromatic N) is 1. The summed E-state index contributed by atoms with van der Waals surface area (Å²) in [5, 5.41) is 2.80. The van der Waals surface area contributed by atoms with Gasteiger partial charge in [0.1, 0.15) is 10.1 Å². The third kappa shape index (κ3) is 5.35. The fraction of sp³-hybridized carbons (Fsp3) is 0.292. The Labute approximate surface area is 191 Å². The van der Waals surface area contributed by atoms with Crippen LogP contribution in [0.25, 0.3) is 6.08 Å². The first-order chi connectivity index (χ1) is 15.1. The molecule has 0 bridgehead atoms. The molecule has 1 saturated carbocycles. The van der Waals surface area contributed by atoms with Gasteiger partial charge in [0.05, 0.1) is 4.91 Å². The highest BCUT2D eigenvalue weighted by molar-refractivity contribution is 8.26. The topological polar surface area (TPSA) is 58.6 Å². The molecule has 1 heterocycles. The van der Waals surface area contributed by atoms with Crippen molar-refractivity contribution < 1.29 is 14.3 Å². The first-order valence-electron chi connectivity index (χ1n) is 10.5. The number of thiocarbonyl (C=S) groups is 1. The monoisotopic (exact) mass is 452 g/mol. The van der Waals surface area contributed by atoms with Gasteiger partial charge in [-0.2, -0.15) is 0 Å². The van der Waals surface area contributed by atoms with E-state index in [1.165, 1.54) is 18.2 Å². The number of benzene rings is 2. The number of nitrogens with one attached hydrogen (secondary N) is 1. The van der Waals surface area contributed by atoms with E-state index in [9.17, 15) is 9.59 Å². The van der Waals surface area contributed by atoms with E-state index in [-0.39, 0.29) is 24.5 Å². The third-order valence-corrected chi connectivity index (χ3v) is 6.72. The van der Waals surface area contributed by atoms with E-state index in [0.717, 1.165) is 36.9 Å². The van der Waals surface area contributed by atoms with Crippen molar-refractivity contribution in [2.24, 2.45) is 0 Å². The Kier molecular flexibility index (Phi) is 7.04. The maximum Gasteiger partial charge on any atom is 0.266 e. The Hall–Kier alpha value is -2.64. The van der Waals surface area contributed by atoms with Crippen molar-refractivity contribution in [2.75, 3.05) is 11.9 Å². The molecule has 0 aromatic heterocycles. The summed E-state index contributed by atoms with van der Waals surface area (Å²) in [6, 6.07) is 16.8. The van der Waals surface area contributed by atoms with Crippen LogP contribution < -0.4 is 10.1 Å². The van der Waals surface area contributed by atoms with Crippen molar-refractivity contribution in [3.05, 3.63) is 65.1 Å². The zero-order valence-corrected chi connectivity index (χ0v) is 18.7. The fourth-order valence-electron chi connectivity index (χ4n) is 3.87. The van der Waals surface area contributed by atoms with Gasteiger partial charge in [0, 0.05) is 17.3 Å². The average Bonchev–Trinajstić information content (AvgIpc) is 3.07. The first kappa shape index (κ1) is 21.6. The molecular formula is C24H24N2O3S2. The summed E-state index contributed by atoms with van der Waals surface area (Å²) in [7, 11) is 0. The Bertz CT molecular complexity index is 1000. The SMILES string of the molecule is O=C(COc1ccccc1/C=C1\SC(=S)N(C2CCCCC2)C1=O)Nc1ccccc1. The average molecular weight is 453 g/mol. The highest BCUT2D eigenvalue weighted by Gasteiger charge is 2.37. The second-order valence-corrected chi connectivity index (χ2v) is 9.26. The molecule has 2 aromatic rings. The maximum atomic E-state index is 13.0. The van der Waals surface area contributed by atoms with Crippen LogP contribution in [-0.4, -0.2) is 33.7 Å². The van der Waals surface area contributed by atoms with Crippen molar-refractivity contribution in [1.82, 2.24) is 4.90 Å². The van der Waals surface area contributed by atoms with Gasteiger partial charge < -0.3 is 10.1 Å². The minimum Gasteiger partial charge on any atom is -0.483 e. The number of ether oxygens (including phenoxy) is 1. The van der Waals surface area contributed by atoms with Crippen molar-refractivity contribution >= 4 is 51.9 Å². The second kappa shape index (κ2) is 10.1. The smallest absolute Gasteiger partial charge is 0.266 e. The van der Waals surface area contributed by atoms with E-state index < -0.39 is 0 Å². The summed E-state index contributed by atoms with van der Waals surface area (Å²) in [5.41, 5.74) is 1.47. The predicted octanol–water partition coefficient (Wildman–Crippen LogP) is 5.24. The molecule has 0 radical (unpaired) electrons. The lowest BCUT2D eigenvalue weighted by Crippen LogP contribution is -2.39. The van der Waals surface area contributed by atoms with E-state index >= 15 is 0 Å². The molecule has 0 atom stereocenters. The van der Waals surface area contributed by atoms with Crippen molar-refractivity contribution in [1.29, 1.82) is 0 Å². The molecular weight excluding hydrogens is 428 g/mol. The van der Waals surface area contributed by atoms with Crippen LogP contribution in [0.15, 0.2) is 59.5 Å². The van der Waals surface area contributed by atoms with Gasteiger partial charge in [-0.1, -0.05) is 79.6 Å². The quantitative estimate of drug-likeness (QED) is 0.480. The van der Waals surface area contributed by atoms with Gasteiger partial charge in [0.15, 0.2) is 6.61 Å². The summed E-state index contributed by atoms with van der Waals surface area (Å²) in [6.45, 7) is -0.122. The highest BCUT2D eigenvalue weighted by atomic mass is 32.2. The molecule has 0 spiro atoms. The van der Waals surface area contributed by atoms with Crippen LogP contribution in [-0.2, 0) is 9.59 Å². The number of amides is 2. The zero-order chi connectivity index (χ0) is 21.6. The molecule has 2 amide bonds. The minimum atomic E-state index is -0.246. The lowest BCUT2D eigenvalue weighted by molar-refractivity contribution is -0.124. The van der Waals surface area contributed by atoms with Crippen molar-refractivity contribution in [3.8, 4) is 5.75 Å². The molecule has 1 aliphatic heterocycles.